The van der Waals surface area contributed by atoms with Gasteiger partial charge in [-0.05, 0) is 23.8 Å². The van der Waals surface area contributed by atoms with Crippen LogP contribution in [0.15, 0.2) is 0 Å². The summed E-state index contributed by atoms with van der Waals surface area (Å²) in [5.74, 6) is -0.214. The second kappa shape index (κ2) is 6.16. The lowest BCUT2D eigenvalue weighted by Gasteiger charge is -2.08. The highest BCUT2D eigenvalue weighted by Crippen LogP contribution is 1.97. The number of aryl methyl sites for hydroxylation is 1. The summed E-state index contributed by atoms with van der Waals surface area (Å²) in [5.41, 5.74) is 0. The molecule has 1 heterocycles. The summed E-state index contributed by atoms with van der Waals surface area (Å²) in [6, 6.07) is -0.601. The van der Waals surface area contributed by atoms with Gasteiger partial charge in [-0.2, -0.15) is 0 Å². The normalized spacial score (nSPS) is 12.6. The predicted molar refractivity (Wildman–Crippen MR) is 56.7 cm³/mol. The van der Waals surface area contributed by atoms with Gasteiger partial charge in [0.15, 0.2) is 5.82 Å². The molecule has 0 aliphatic carbocycles. The van der Waals surface area contributed by atoms with Gasteiger partial charge in [0, 0.05) is 6.54 Å². The van der Waals surface area contributed by atoms with Gasteiger partial charge < -0.3 is 5.11 Å². The van der Waals surface area contributed by atoms with Crippen molar-refractivity contribution < 1.29 is 9.90 Å². The number of rotatable bonds is 7. The average Bonchev–Trinajstić information content (AvgIpc) is 2.70. The lowest BCUT2D eigenvalue weighted by molar-refractivity contribution is -0.139. The van der Waals surface area contributed by atoms with Crippen LogP contribution in [0.4, 0.5) is 0 Å². The van der Waals surface area contributed by atoms with E-state index in [4.69, 9.17) is 5.11 Å². The first-order chi connectivity index (χ1) is 7.65. The maximum absolute atomic E-state index is 10.6. The molecule has 0 saturated carbocycles. The molecule has 0 aliphatic rings. The van der Waals surface area contributed by atoms with Crippen molar-refractivity contribution in [2.24, 2.45) is 0 Å². The van der Waals surface area contributed by atoms with E-state index < -0.39 is 12.0 Å². The molecule has 1 aromatic heterocycles. The van der Waals surface area contributed by atoms with E-state index in [-0.39, 0.29) is 0 Å². The van der Waals surface area contributed by atoms with Gasteiger partial charge in [-0.3, -0.25) is 10.1 Å². The van der Waals surface area contributed by atoms with Gasteiger partial charge in [0.25, 0.3) is 0 Å². The van der Waals surface area contributed by atoms with E-state index in [1.54, 1.807) is 11.6 Å². The van der Waals surface area contributed by atoms with Crippen molar-refractivity contribution in [1.82, 2.24) is 25.5 Å². The molecular formula is C9H17N5O2. The fourth-order valence-corrected chi connectivity index (χ4v) is 1.16. The zero-order valence-corrected chi connectivity index (χ0v) is 9.55. The van der Waals surface area contributed by atoms with Crippen molar-refractivity contribution >= 4 is 5.97 Å². The third-order valence-electron chi connectivity index (χ3n) is 2.27. The lowest BCUT2D eigenvalue weighted by Crippen LogP contribution is -2.34. The number of carbonyl (C=O) groups is 1. The summed E-state index contributed by atoms with van der Waals surface area (Å²) >= 11 is 0. The summed E-state index contributed by atoms with van der Waals surface area (Å²) in [7, 11) is 0. The van der Waals surface area contributed by atoms with Crippen LogP contribution in [0.5, 0.6) is 0 Å². The molecule has 0 fully saturated rings. The molecule has 0 amide bonds. The van der Waals surface area contributed by atoms with Gasteiger partial charge in [0.2, 0.25) is 0 Å². The molecule has 2 N–H and O–H groups in total. The summed E-state index contributed by atoms with van der Waals surface area (Å²) < 4.78 is 1.70. The zero-order chi connectivity index (χ0) is 12.0. The van der Waals surface area contributed by atoms with Gasteiger partial charge in [0.1, 0.15) is 6.04 Å². The third kappa shape index (κ3) is 3.58. The largest absolute Gasteiger partial charge is 0.480 e. The van der Waals surface area contributed by atoms with Crippen LogP contribution in [0.2, 0.25) is 0 Å². The Kier molecular flexibility index (Phi) is 4.84. The minimum absolute atomic E-state index is 0.365. The molecule has 7 nitrogen and oxygen atoms in total. The van der Waals surface area contributed by atoms with Crippen LogP contribution < -0.4 is 5.32 Å². The molecule has 7 heteroatoms. The Hall–Kier alpha value is -1.50. The Bertz CT molecular complexity index is 338. The molecule has 0 aromatic carbocycles. The minimum Gasteiger partial charge on any atom is -0.480 e. The van der Waals surface area contributed by atoms with Gasteiger partial charge in [-0.25, -0.2) is 4.68 Å². The number of nitrogens with zero attached hydrogens (tertiary/aromatic N) is 4. The third-order valence-corrected chi connectivity index (χ3v) is 2.27. The van der Waals surface area contributed by atoms with Crippen LogP contribution in [0.25, 0.3) is 0 Å². The summed E-state index contributed by atoms with van der Waals surface area (Å²) in [6.45, 7) is 4.81. The van der Waals surface area contributed by atoms with Crippen LogP contribution >= 0.6 is 0 Å². The summed E-state index contributed by atoms with van der Waals surface area (Å²) in [6.07, 6.45) is 2.07. The highest BCUT2D eigenvalue weighted by Gasteiger charge is 2.12. The van der Waals surface area contributed by atoms with E-state index >= 15 is 0 Å². The van der Waals surface area contributed by atoms with Crippen molar-refractivity contribution in [2.75, 3.05) is 0 Å². The lowest BCUT2D eigenvalue weighted by atomic mass is 10.3. The highest BCUT2D eigenvalue weighted by molar-refractivity contribution is 5.72. The van der Waals surface area contributed by atoms with Crippen LogP contribution in [0, 0.1) is 0 Å². The van der Waals surface area contributed by atoms with E-state index in [2.05, 4.69) is 27.8 Å². The maximum Gasteiger partial charge on any atom is 0.320 e. The van der Waals surface area contributed by atoms with Crippen LogP contribution in [0.1, 0.15) is 32.5 Å². The van der Waals surface area contributed by atoms with E-state index in [0.29, 0.717) is 12.4 Å². The van der Waals surface area contributed by atoms with Crippen molar-refractivity contribution in [3.05, 3.63) is 5.82 Å². The standard InChI is InChI=1S/C9H17N5O2/c1-3-4-5-14-8(11-12-13-14)6-10-7(2)9(15)16/h7,10H,3-6H2,1-2H3,(H,15,16)/t7-/m1/s1. The average molecular weight is 227 g/mol. The molecule has 1 aromatic rings. The number of aliphatic carboxylic acids is 1. The second-order valence-corrected chi connectivity index (χ2v) is 3.61. The highest BCUT2D eigenvalue weighted by atomic mass is 16.4. The topological polar surface area (TPSA) is 92.9 Å². The predicted octanol–water partition coefficient (Wildman–Crippen LogP) is 0.0359. The Morgan fingerprint density at radius 3 is 3.00 bits per heavy atom. The first kappa shape index (κ1) is 12.6. The molecule has 0 radical (unpaired) electrons. The number of carboxylic acid groups (broad SMARTS) is 1. The molecule has 0 spiro atoms. The number of nitrogens with one attached hydrogen (secondary N) is 1. The Labute approximate surface area is 93.8 Å². The Morgan fingerprint density at radius 1 is 1.62 bits per heavy atom. The van der Waals surface area contributed by atoms with Gasteiger partial charge >= 0.3 is 5.97 Å². The molecule has 0 unspecified atom stereocenters. The van der Waals surface area contributed by atoms with Gasteiger partial charge in [0.05, 0.1) is 6.54 Å². The monoisotopic (exact) mass is 227 g/mol. The fourth-order valence-electron chi connectivity index (χ4n) is 1.16. The number of unbranched alkanes of at least 4 members (excludes halogenated alkanes) is 1. The van der Waals surface area contributed by atoms with Crippen LogP contribution in [-0.2, 0) is 17.9 Å². The second-order valence-electron chi connectivity index (χ2n) is 3.61. The van der Waals surface area contributed by atoms with E-state index in [9.17, 15) is 4.79 Å². The number of hydrogen-bond acceptors (Lipinski definition) is 5. The molecule has 1 atom stereocenters. The quantitative estimate of drug-likeness (QED) is 0.683. The first-order valence-corrected chi connectivity index (χ1v) is 5.36. The SMILES string of the molecule is CCCCn1nnnc1CN[C@H](C)C(=O)O. The number of hydrogen-bond donors (Lipinski definition) is 2. The van der Waals surface area contributed by atoms with Gasteiger partial charge in [-0.15, -0.1) is 5.10 Å². The number of tetrazole rings is 1. The van der Waals surface area contributed by atoms with Crippen molar-refractivity contribution in [3.63, 3.8) is 0 Å². The smallest absolute Gasteiger partial charge is 0.320 e. The van der Waals surface area contributed by atoms with Crippen molar-refractivity contribution in [2.45, 2.75) is 45.8 Å². The molecule has 90 valence electrons. The van der Waals surface area contributed by atoms with E-state index in [1.165, 1.54) is 0 Å². The Morgan fingerprint density at radius 2 is 2.38 bits per heavy atom. The zero-order valence-electron chi connectivity index (χ0n) is 9.55. The molecule has 0 bridgehead atoms. The Balaban J connectivity index is 2.47. The maximum atomic E-state index is 10.6. The van der Waals surface area contributed by atoms with E-state index in [1.807, 2.05) is 0 Å². The number of carboxylic acids is 1. The molecule has 0 saturated heterocycles. The summed E-state index contributed by atoms with van der Waals surface area (Å²) in [4.78, 5) is 10.6. The van der Waals surface area contributed by atoms with Gasteiger partial charge in [-0.1, -0.05) is 13.3 Å². The minimum atomic E-state index is -0.882. The van der Waals surface area contributed by atoms with E-state index in [0.717, 1.165) is 19.4 Å². The molecule has 16 heavy (non-hydrogen) atoms. The first-order valence-electron chi connectivity index (χ1n) is 5.36. The molecule has 0 aliphatic heterocycles. The number of aromatic nitrogens is 4. The fraction of sp³-hybridized carbons (Fsp3) is 0.778. The summed E-state index contributed by atoms with van der Waals surface area (Å²) in [5, 5.41) is 22.8. The van der Waals surface area contributed by atoms with Crippen molar-refractivity contribution in [1.29, 1.82) is 0 Å². The molecular weight excluding hydrogens is 210 g/mol. The van der Waals surface area contributed by atoms with Crippen LogP contribution in [-0.4, -0.2) is 37.3 Å². The molecule has 1 rings (SSSR count). The van der Waals surface area contributed by atoms with Crippen molar-refractivity contribution in [3.8, 4) is 0 Å². The van der Waals surface area contributed by atoms with Crippen LogP contribution in [0.3, 0.4) is 0 Å².